The largest absolute Gasteiger partial charge is 0.322 e. The van der Waals surface area contributed by atoms with E-state index in [9.17, 15) is 19.2 Å². The molecule has 3 aromatic carbocycles. The third-order valence-electron chi connectivity index (χ3n) is 5.59. The van der Waals surface area contributed by atoms with E-state index >= 15 is 0 Å². The predicted octanol–water partition coefficient (Wildman–Crippen LogP) is 6.26. The molecule has 2 heterocycles. The van der Waals surface area contributed by atoms with E-state index in [1.807, 2.05) is 0 Å². The summed E-state index contributed by atoms with van der Waals surface area (Å²) in [6.45, 7) is 0. The molecular weight excluding hydrogens is 584 g/mol. The van der Waals surface area contributed by atoms with E-state index in [1.54, 1.807) is 71.7 Å². The van der Waals surface area contributed by atoms with Gasteiger partial charge in [-0.15, -0.1) is 22.7 Å². The lowest BCUT2D eigenvalue weighted by molar-refractivity contribution is 0.101. The van der Waals surface area contributed by atoms with Crippen LogP contribution in [-0.2, 0) is 0 Å². The van der Waals surface area contributed by atoms with Crippen LogP contribution in [0.15, 0.2) is 89.9 Å². The molecule has 0 atom stereocenters. The van der Waals surface area contributed by atoms with Crippen LogP contribution in [0.4, 0.5) is 21.6 Å². The first-order valence-corrected chi connectivity index (χ1v) is 14.0. The van der Waals surface area contributed by atoms with Crippen LogP contribution in [0.5, 0.6) is 0 Å². The van der Waals surface area contributed by atoms with Gasteiger partial charge in [-0.25, -0.2) is 9.97 Å². The van der Waals surface area contributed by atoms with Crippen molar-refractivity contribution < 1.29 is 19.2 Å². The number of nitrogens with one attached hydrogen (secondary N) is 4. The number of carbonyl (C=O) groups is 4. The lowest BCUT2D eigenvalue weighted by atomic mass is 10.1. The fraction of sp³-hybridized carbons (Fsp3) is 0. The molecule has 10 nitrogen and oxygen atoms in total. The Labute approximate surface area is 246 Å². The fourth-order valence-electron chi connectivity index (χ4n) is 3.56. The average molecular weight is 603 g/mol. The van der Waals surface area contributed by atoms with Gasteiger partial charge in [0.2, 0.25) is 0 Å². The molecule has 0 spiro atoms. The fourth-order valence-corrected chi connectivity index (χ4v) is 4.88. The molecule has 41 heavy (non-hydrogen) atoms. The van der Waals surface area contributed by atoms with Crippen molar-refractivity contribution in [2.24, 2.45) is 0 Å². The van der Waals surface area contributed by atoms with Crippen molar-refractivity contribution >= 4 is 79.5 Å². The maximum absolute atomic E-state index is 12.8. The van der Waals surface area contributed by atoms with Crippen LogP contribution < -0.4 is 21.3 Å². The van der Waals surface area contributed by atoms with Gasteiger partial charge in [0.1, 0.15) is 0 Å². The second kappa shape index (κ2) is 12.5. The Hall–Kier alpha value is -4.91. The Bertz CT molecular complexity index is 1710. The van der Waals surface area contributed by atoms with Gasteiger partial charge in [-0.05, 0) is 66.7 Å². The van der Waals surface area contributed by atoms with Gasteiger partial charge < -0.3 is 10.6 Å². The Kier molecular flexibility index (Phi) is 8.44. The first-order chi connectivity index (χ1) is 19.9. The minimum atomic E-state index is -0.478. The number of hydrogen-bond donors (Lipinski definition) is 4. The molecule has 5 rings (SSSR count). The summed E-state index contributed by atoms with van der Waals surface area (Å²) in [6.07, 6.45) is 3.19. The van der Waals surface area contributed by atoms with Gasteiger partial charge in [-0.2, -0.15) is 0 Å². The predicted molar refractivity (Wildman–Crippen MR) is 160 cm³/mol. The Morgan fingerprint density at radius 3 is 1.44 bits per heavy atom. The number of benzene rings is 3. The van der Waals surface area contributed by atoms with Gasteiger partial charge >= 0.3 is 0 Å². The summed E-state index contributed by atoms with van der Waals surface area (Å²) < 4.78 is 0. The Balaban J connectivity index is 1.17. The summed E-state index contributed by atoms with van der Waals surface area (Å²) >= 11 is 8.96. The molecule has 0 bridgehead atoms. The van der Waals surface area contributed by atoms with Crippen molar-refractivity contribution in [3.63, 3.8) is 0 Å². The summed E-state index contributed by atoms with van der Waals surface area (Å²) in [6, 6.07) is 17.0. The van der Waals surface area contributed by atoms with E-state index in [0.717, 1.165) is 0 Å². The van der Waals surface area contributed by atoms with Crippen molar-refractivity contribution in [2.75, 3.05) is 21.3 Å². The smallest absolute Gasteiger partial charge is 0.257 e. The van der Waals surface area contributed by atoms with Crippen LogP contribution in [-0.4, -0.2) is 33.6 Å². The summed E-state index contributed by atoms with van der Waals surface area (Å²) in [4.78, 5) is 58.2. The molecule has 5 aromatic rings. The quantitative estimate of drug-likeness (QED) is 0.165. The monoisotopic (exact) mass is 602 g/mol. The Morgan fingerprint density at radius 1 is 0.561 bits per heavy atom. The number of anilines is 4. The van der Waals surface area contributed by atoms with Gasteiger partial charge in [-0.1, -0.05) is 11.6 Å². The molecule has 0 aliphatic heterocycles. The lowest BCUT2D eigenvalue weighted by Crippen LogP contribution is -2.16. The molecule has 0 saturated heterocycles. The summed E-state index contributed by atoms with van der Waals surface area (Å²) in [5, 5.41) is 15.4. The summed E-state index contributed by atoms with van der Waals surface area (Å²) in [5.41, 5.74) is 2.16. The molecule has 204 valence electrons. The van der Waals surface area contributed by atoms with Crippen molar-refractivity contribution in [2.45, 2.75) is 0 Å². The number of halogens is 1. The zero-order valence-electron chi connectivity index (χ0n) is 20.9. The van der Waals surface area contributed by atoms with Crippen LogP contribution in [0.2, 0.25) is 5.02 Å². The highest BCUT2D eigenvalue weighted by Crippen LogP contribution is 2.22. The molecule has 0 aliphatic carbocycles. The highest BCUT2D eigenvalue weighted by Gasteiger charge is 2.16. The summed E-state index contributed by atoms with van der Waals surface area (Å²) in [5.74, 6) is -1.55. The molecule has 4 amide bonds. The number of rotatable bonds is 8. The normalized spacial score (nSPS) is 10.5. The summed E-state index contributed by atoms with van der Waals surface area (Å²) in [7, 11) is 0. The minimum Gasteiger partial charge on any atom is -0.322 e. The van der Waals surface area contributed by atoms with Gasteiger partial charge in [0.15, 0.2) is 10.3 Å². The van der Waals surface area contributed by atoms with Gasteiger partial charge in [0, 0.05) is 51.2 Å². The van der Waals surface area contributed by atoms with Crippen molar-refractivity contribution in [1.29, 1.82) is 0 Å². The van der Waals surface area contributed by atoms with Crippen LogP contribution in [0, 0.1) is 0 Å². The van der Waals surface area contributed by atoms with Crippen LogP contribution in [0.25, 0.3) is 0 Å². The number of carbonyl (C=O) groups excluding carboxylic acids is 4. The first kappa shape index (κ1) is 27.6. The Morgan fingerprint density at radius 2 is 1.00 bits per heavy atom. The zero-order chi connectivity index (χ0) is 28.8. The SMILES string of the molecule is O=C(Nc1ccc(C(=O)Nc2nccs2)cc1)c1ccc(C(=O)Nc2ccc(C(=O)Nc3nccs3)cc2)c(Cl)c1. The molecule has 0 unspecified atom stereocenters. The number of aromatic nitrogens is 2. The molecule has 2 aromatic heterocycles. The van der Waals surface area contributed by atoms with Crippen molar-refractivity contribution in [1.82, 2.24) is 9.97 Å². The zero-order valence-corrected chi connectivity index (χ0v) is 23.3. The van der Waals surface area contributed by atoms with E-state index in [1.165, 1.54) is 40.9 Å². The van der Waals surface area contributed by atoms with Gasteiger partial charge in [0.05, 0.1) is 10.6 Å². The van der Waals surface area contributed by atoms with Gasteiger partial charge in [0.25, 0.3) is 23.6 Å². The van der Waals surface area contributed by atoms with Crippen molar-refractivity contribution in [3.05, 3.63) is 117 Å². The van der Waals surface area contributed by atoms with E-state index in [2.05, 4.69) is 31.2 Å². The van der Waals surface area contributed by atoms with Gasteiger partial charge in [-0.3, -0.25) is 29.8 Å². The second-order valence-corrected chi connectivity index (χ2v) is 10.5. The molecule has 0 fully saturated rings. The molecule has 0 saturated carbocycles. The second-order valence-electron chi connectivity index (χ2n) is 8.34. The van der Waals surface area contributed by atoms with Crippen molar-refractivity contribution in [3.8, 4) is 0 Å². The van der Waals surface area contributed by atoms with E-state index in [4.69, 9.17) is 11.6 Å². The molecule has 0 aliphatic rings. The third-order valence-corrected chi connectivity index (χ3v) is 7.28. The first-order valence-electron chi connectivity index (χ1n) is 11.9. The third kappa shape index (κ3) is 7.00. The standard InChI is InChI=1S/C28H19ClN6O4S2/c29-22-15-18(25(38)32-19-6-1-16(2-7-19)23(36)34-27-30-11-13-40-27)5-10-21(22)26(39)33-20-8-3-17(4-9-20)24(37)35-28-31-12-14-41-28/h1-15H,(H,32,38)(H,33,39)(H,30,34,36)(H,31,35,37). The van der Waals surface area contributed by atoms with Crippen LogP contribution in [0.3, 0.4) is 0 Å². The highest BCUT2D eigenvalue weighted by atomic mass is 35.5. The van der Waals surface area contributed by atoms with Crippen LogP contribution >= 0.6 is 34.3 Å². The molecule has 4 N–H and O–H groups in total. The van der Waals surface area contributed by atoms with Crippen LogP contribution in [0.1, 0.15) is 41.4 Å². The number of amides is 4. The maximum Gasteiger partial charge on any atom is 0.257 e. The maximum atomic E-state index is 12.8. The topological polar surface area (TPSA) is 142 Å². The van der Waals surface area contributed by atoms with E-state index in [-0.39, 0.29) is 28.0 Å². The lowest BCUT2D eigenvalue weighted by Gasteiger charge is -2.10. The number of thiazole rings is 2. The molecule has 13 heteroatoms. The van der Waals surface area contributed by atoms with E-state index in [0.29, 0.717) is 32.8 Å². The molecular formula is C28H19ClN6O4S2. The highest BCUT2D eigenvalue weighted by molar-refractivity contribution is 7.14. The average Bonchev–Trinajstić information content (AvgIpc) is 3.68. The molecule has 0 radical (unpaired) electrons. The number of nitrogens with zero attached hydrogens (tertiary/aromatic N) is 2. The minimum absolute atomic E-state index is 0.0869. The van der Waals surface area contributed by atoms with E-state index < -0.39 is 11.8 Å². The number of hydrogen-bond acceptors (Lipinski definition) is 8.